The maximum absolute atomic E-state index is 6.23. The van der Waals surface area contributed by atoms with Crippen LogP contribution in [0.1, 0.15) is 16.6 Å². The molecule has 0 bridgehead atoms. The van der Waals surface area contributed by atoms with Crippen molar-refractivity contribution in [2.24, 2.45) is 12.8 Å². The first kappa shape index (κ1) is 10.5. The Morgan fingerprint density at radius 1 is 1.29 bits per heavy atom. The van der Waals surface area contributed by atoms with E-state index in [9.17, 15) is 0 Å². The van der Waals surface area contributed by atoms with E-state index >= 15 is 0 Å². The number of nitrogens with two attached hydrogens (primary N) is 1. The summed E-state index contributed by atoms with van der Waals surface area (Å²) in [5, 5.41) is 5.60. The molecule has 3 rings (SSSR count). The molecule has 0 spiro atoms. The van der Waals surface area contributed by atoms with Gasteiger partial charge in [0.2, 0.25) is 0 Å². The average Bonchev–Trinajstić information content (AvgIpc) is 2.93. The molecule has 4 heteroatoms. The molecule has 2 heterocycles. The van der Waals surface area contributed by atoms with Crippen molar-refractivity contribution in [3.8, 4) is 0 Å². The molecule has 1 aromatic carbocycles. The van der Waals surface area contributed by atoms with Crippen LogP contribution in [0.4, 0.5) is 0 Å². The zero-order valence-electron chi connectivity index (χ0n) is 9.50. The normalized spacial score (nSPS) is 13.1. The number of hydrogen-bond acceptors (Lipinski definition) is 3. The van der Waals surface area contributed by atoms with Crippen LogP contribution in [0.2, 0.25) is 0 Å². The van der Waals surface area contributed by atoms with Crippen LogP contribution in [0.25, 0.3) is 10.1 Å². The summed E-state index contributed by atoms with van der Waals surface area (Å²) in [6.45, 7) is 0. The third kappa shape index (κ3) is 1.85. The molecule has 0 aliphatic heterocycles. The van der Waals surface area contributed by atoms with Crippen molar-refractivity contribution in [3.05, 3.63) is 53.2 Å². The molecular formula is C13H13N3S. The summed E-state index contributed by atoms with van der Waals surface area (Å²) in [5.41, 5.74) is 7.14. The summed E-state index contributed by atoms with van der Waals surface area (Å²) >= 11 is 1.74. The molecule has 0 fully saturated rings. The second-order valence-electron chi connectivity index (χ2n) is 4.08. The third-order valence-electron chi connectivity index (χ3n) is 2.80. The summed E-state index contributed by atoms with van der Waals surface area (Å²) < 4.78 is 3.05. The van der Waals surface area contributed by atoms with Crippen LogP contribution in [-0.2, 0) is 7.05 Å². The van der Waals surface area contributed by atoms with Gasteiger partial charge in [0.25, 0.3) is 0 Å². The zero-order valence-corrected chi connectivity index (χ0v) is 10.3. The number of rotatable bonds is 2. The quantitative estimate of drug-likeness (QED) is 0.752. The number of benzene rings is 1. The molecule has 3 aromatic rings. The predicted octanol–water partition coefficient (Wildman–Crippen LogP) is 2.68. The van der Waals surface area contributed by atoms with Gasteiger partial charge < -0.3 is 5.73 Å². The minimum atomic E-state index is -0.131. The molecule has 2 aromatic heterocycles. The first-order valence-corrected chi connectivity index (χ1v) is 6.29. The third-order valence-corrected chi connectivity index (χ3v) is 4.00. The lowest BCUT2D eigenvalue weighted by Crippen LogP contribution is -2.11. The number of fused-ring (bicyclic) bond motifs is 1. The van der Waals surface area contributed by atoms with E-state index in [1.807, 2.05) is 25.4 Å². The molecule has 2 N–H and O–H groups in total. The van der Waals surface area contributed by atoms with Gasteiger partial charge in [-0.25, -0.2) is 0 Å². The summed E-state index contributed by atoms with van der Waals surface area (Å²) in [6.07, 6.45) is 1.92. The van der Waals surface area contributed by atoms with Crippen LogP contribution < -0.4 is 5.73 Å². The summed E-state index contributed by atoms with van der Waals surface area (Å²) in [6, 6.07) is 12.3. The lowest BCUT2D eigenvalue weighted by molar-refractivity contribution is 0.720. The molecule has 17 heavy (non-hydrogen) atoms. The SMILES string of the molecule is Cn1ccc(C(N)c2cc3ccccc3s2)n1. The van der Waals surface area contributed by atoms with Gasteiger partial charge in [-0.1, -0.05) is 18.2 Å². The van der Waals surface area contributed by atoms with Crippen molar-refractivity contribution in [2.45, 2.75) is 6.04 Å². The van der Waals surface area contributed by atoms with Crippen LogP contribution in [0.5, 0.6) is 0 Å². The van der Waals surface area contributed by atoms with Crippen LogP contribution >= 0.6 is 11.3 Å². The van der Waals surface area contributed by atoms with Crippen molar-refractivity contribution in [1.29, 1.82) is 0 Å². The van der Waals surface area contributed by atoms with Gasteiger partial charge in [-0.2, -0.15) is 5.10 Å². The van der Waals surface area contributed by atoms with E-state index in [1.165, 1.54) is 10.1 Å². The van der Waals surface area contributed by atoms with E-state index in [4.69, 9.17) is 5.73 Å². The summed E-state index contributed by atoms with van der Waals surface area (Å²) in [4.78, 5) is 1.16. The number of aryl methyl sites for hydroxylation is 1. The molecule has 0 radical (unpaired) electrons. The Morgan fingerprint density at radius 3 is 2.82 bits per heavy atom. The van der Waals surface area contributed by atoms with E-state index in [-0.39, 0.29) is 6.04 Å². The summed E-state index contributed by atoms with van der Waals surface area (Å²) in [5.74, 6) is 0. The van der Waals surface area contributed by atoms with Crippen molar-refractivity contribution in [1.82, 2.24) is 9.78 Å². The van der Waals surface area contributed by atoms with Gasteiger partial charge in [-0.3, -0.25) is 4.68 Å². The fourth-order valence-corrected chi connectivity index (χ4v) is 2.98. The Morgan fingerprint density at radius 2 is 2.12 bits per heavy atom. The van der Waals surface area contributed by atoms with Gasteiger partial charge in [0.1, 0.15) is 0 Å². The number of thiophene rings is 1. The lowest BCUT2D eigenvalue weighted by Gasteiger charge is -2.04. The van der Waals surface area contributed by atoms with Crippen LogP contribution in [0.3, 0.4) is 0 Å². The fourth-order valence-electron chi connectivity index (χ4n) is 1.90. The van der Waals surface area contributed by atoms with E-state index < -0.39 is 0 Å². The highest BCUT2D eigenvalue weighted by molar-refractivity contribution is 7.19. The maximum Gasteiger partial charge on any atom is 0.0845 e. The highest BCUT2D eigenvalue weighted by Crippen LogP contribution is 2.31. The molecule has 86 valence electrons. The van der Waals surface area contributed by atoms with Gasteiger partial charge in [0.05, 0.1) is 11.7 Å². The Labute approximate surface area is 103 Å². The molecule has 3 nitrogen and oxygen atoms in total. The lowest BCUT2D eigenvalue weighted by atomic mass is 10.1. The minimum Gasteiger partial charge on any atom is -0.318 e. The smallest absolute Gasteiger partial charge is 0.0845 e. The van der Waals surface area contributed by atoms with Crippen molar-refractivity contribution >= 4 is 21.4 Å². The average molecular weight is 243 g/mol. The number of aromatic nitrogens is 2. The molecule has 0 saturated heterocycles. The van der Waals surface area contributed by atoms with Crippen molar-refractivity contribution in [2.75, 3.05) is 0 Å². The highest BCUT2D eigenvalue weighted by Gasteiger charge is 2.14. The second-order valence-corrected chi connectivity index (χ2v) is 5.19. The van der Waals surface area contributed by atoms with Crippen molar-refractivity contribution < 1.29 is 0 Å². The second kappa shape index (κ2) is 3.98. The topological polar surface area (TPSA) is 43.8 Å². The maximum atomic E-state index is 6.23. The molecule has 1 atom stereocenters. The standard InChI is InChI=1S/C13H13N3S/c1-16-7-6-10(15-16)13(14)12-8-9-4-2-3-5-11(9)17-12/h2-8,13H,14H2,1H3. The van der Waals surface area contributed by atoms with Crippen LogP contribution in [0, 0.1) is 0 Å². The molecule has 0 saturated carbocycles. The number of nitrogens with zero attached hydrogens (tertiary/aromatic N) is 2. The Bertz CT molecular complexity index is 620. The van der Waals surface area contributed by atoms with E-state index in [2.05, 4.69) is 29.4 Å². The minimum absolute atomic E-state index is 0.131. The van der Waals surface area contributed by atoms with Crippen molar-refractivity contribution in [3.63, 3.8) is 0 Å². The van der Waals surface area contributed by atoms with Crippen LogP contribution in [0.15, 0.2) is 42.6 Å². The van der Waals surface area contributed by atoms with E-state index in [1.54, 1.807) is 16.0 Å². The first-order valence-electron chi connectivity index (χ1n) is 5.47. The molecule has 0 aliphatic rings. The number of hydrogen-bond donors (Lipinski definition) is 1. The Hall–Kier alpha value is -1.65. The van der Waals surface area contributed by atoms with Gasteiger partial charge in [-0.15, -0.1) is 11.3 Å². The fraction of sp³-hybridized carbons (Fsp3) is 0.154. The molecule has 1 unspecified atom stereocenters. The molecular weight excluding hydrogens is 230 g/mol. The highest BCUT2D eigenvalue weighted by atomic mass is 32.1. The first-order chi connectivity index (χ1) is 8.24. The monoisotopic (exact) mass is 243 g/mol. The predicted molar refractivity (Wildman–Crippen MR) is 71.1 cm³/mol. The van der Waals surface area contributed by atoms with Gasteiger partial charge in [0, 0.05) is 22.8 Å². The Kier molecular flexibility index (Phi) is 2.46. The molecule has 0 aliphatic carbocycles. The van der Waals surface area contributed by atoms with Crippen LogP contribution in [-0.4, -0.2) is 9.78 Å². The van der Waals surface area contributed by atoms with E-state index in [0.29, 0.717) is 0 Å². The van der Waals surface area contributed by atoms with Gasteiger partial charge >= 0.3 is 0 Å². The van der Waals surface area contributed by atoms with E-state index in [0.717, 1.165) is 10.6 Å². The molecule has 0 amide bonds. The summed E-state index contributed by atoms with van der Waals surface area (Å²) in [7, 11) is 1.90. The van der Waals surface area contributed by atoms with Gasteiger partial charge in [0.15, 0.2) is 0 Å². The largest absolute Gasteiger partial charge is 0.318 e. The Balaban J connectivity index is 2.03. The van der Waals surface area contributed by atoms with Gasteiger partial charge in [-0.05, 0) is 23.6 Å². The zero-order chi connectivity index (χ0) is 11.8.